The van der Waals surface area contributed by atoms with Crippen molar-refractivity contribution in [2.24, 2.45) is 0 Å². The van der Waals surface area contributed by atoms with Crippen molar-refractivity contribution in [1.29, 1.82) is 0 Å². The molecule has 1 aliphatic carbocycles. The molecule has 4 rings (SSSR count). The standard InChI is InChI=1S/C24H24ClN3O4/c25-17-10-11-19(18(14-17)21(30)16-8-4-3-5-9-16)26-20(29)15-28-22(31)24(27-23(28)32)12-6-1-2-7-13-24/h3-5,8-11,14H,1-2,6-7,12-13,15H2,(H,26,29)(H,27,32). The van der Waals surface area contributed by atoms with Gasteiger partial charge in [-0.1, -0.05) is 67.6 Å². The van der Waals surface area contributed by atoms with Crippen LogP contribution in [0.1, 0.15) is 54.4 Å². The van der Waals surface area contributed by atoms with Crippen molar-refractivity contribution in [3.05, 3.63) is 64.7 Å². The lowest BCUT2D eigenvalue weighted by molar-refractivity contribution is -0.134. The third-order valence-electron chi connectivity index (χ3n) is 6.04. The minimum absolute atomic E-state index is 0.231. The second-order valence-electron chi connectivity index (χ2n) is 8.25. The Kier molecular flexibility index (Phi) is 6.28. The first-order valence-corrected chi connectivity index (χ1v) is 11.1. The molecule has 166 valence electrons. The number of benzene rings is 2. The van der Waals surface area contributed by atoms with Crippen molar-refractivity contribution in [3.8, 4) is 0 Å². The molecule has 0 unspecified atom stereocenters. The van der Waals surface area contributed by atoms with Crippen molar-refractivity contribution in [1.82, 2.24) is 10.2 Å². The van der Waals surface area contributed by atoms with Crippen LogP contribution in [-0.4, -0.2) is 40.6 Å². The maximum absolute atomic E-state index is 13.0. The Labute approximate surface area is 191 Å². The lowest BCUT2D eigenvalue weighted by atomic mass is 9.90. The van der Waals surface area contributed by atoms with Crippen LogP contribution in [0.25, 0.3) is 0 Å². The van der Waals surface area contributed by atoms with Gasteiger partial charge >= 0.3 is 6.03 Å². The van der Waals surface area contributed by atoms with Gasteiger partial charge in [0.25, 0.3) is 5.91 Å². The van der Waals surface area contributed by atoms with Gasteiger partial charge in [-0.2, -0.15) is 0 Å². The lowest BCUT2D eigenvalue weighted by Gasteiger charge is -2.24. The van der Waals surface area contributed by atoms with E-state index < -0.39 is 24.0 Å². The van der Waals surface area contributed by atoms with Crippen LogP contribution in [0, 0.1) is 0 Å². The van der Waals surface area contributed by atoms with Gasteiger partial charge in [-0.3, -0.25) is 19.3 Å². The highest BCUT2D eigenvalue weighted by Gasteiger charge is 2.51. The maximum atomic E-state index is 13.0. The van der Waals surface area contributed by atoms with Crippen molar-refractivity contribution in [2.45, 2.75) is 44.1 Å². The highest BCUT2D eigenvalue weighted by atomic mass is 35.5. The normalized spacial score (nSPS) is 17.7. The molecule has 4 amide bonds. The van der Waals surface area contributed by atoms with Crippen LogP contribution in [0.4, 0.5) is 10.5 Å². The van der Waals surface area contributed by atoms with Gasteiger partial charge in [0.15, 0.2) is 5.78 Å². The van der Waals surface area contributed by atoms with Gasteiger partial charge < -0.3 is 10.6 Å². The van der Waals surface area contributed by atoms with Gasteiger partial charge in [-0.05, 0) is 31.0 Å². The van der Waals surface area contributed by atoms with E-state index in [0.29, 0.717) is 23.4 Å². The molecule has 7 nitrogen and oxygen atoms in total. The summed E-state index contributed by atoms with van der Waals surface area (Å²) in [6.07, 6.45) is 4.95. The molecule has 2 aliphatic rings. The molecule has 8 heteroatoms. The number of nitrogens with zero attached hydrogens (tertiary/aromatic N) is 1. The number of rotatable bonds is 5. The highest BCUT2D eigenvalue weighted by Crippen LogP contribution is 2.32. The number of hydrogen-bond donors (Lipinski definition) is 2. The molecule has 0 aromatic heterocycles. The van der Waals surface area contributed by atoms with Crippen LogP contribution in [0.3, 0.4) is 0 Å². The number of nitrogens with one attached hydrogen (secondary N) is 2. The second-order valence-corrected chi connectivity index (χ2v) is 8.69. The number of ketones is 1. The number of imide groups is 1. The summed E-state index contributed by atoms with van der Waals surface area (Å²) >= 11 is 6.09. The topological polar surface area (TPSA) is 95.6 Å². The van der Waals surface area contributed by atoms with E-state index in [9.17, 15) is 19.2 Å². The predicted octanol–water partition coefficient (Wildman–Crippen LogP) is 4.15. The van der Waals surface area contributed by atoms with Crippen molar-refractivity contribution in [3.63, 3.8) is 0 Å². The number of hydrogen-bond acceptors (Lipinski definition) is 4. The molecule has 2 aromatic carbocycles. The molecule has 0 bridgehead atoms. The zero-order valence-electron chi connectivity index (χ0n) is 17.5. The Morgan fingerprint density at radius 3 is 2.38 bits per heavy atom. The predicted molar refractivity (Wildman–Crippen MR) is 121 cm³/mol. The van der Waals surface area contributed by atoms with Crippen LogP contribution in [-0.2, 0) is 9.59 Å². The summed E-state index contributed by atoms with van der Waals surface area (Å²) < 4.78 is 0. The summed E-state index contributed by atoms with van der Waals surface area (Å²) in [5, 5.41) is 5.84. The summed E-state index contributed by atoms with van der Waals surface area (Å²) in [6, 6.07) is 12.7. The molecular formula is C24H24ClN3O4. The van der Waals surface area contributed by atoms with Gasteiger partial charge in [0.1, 0.15) is 12.1 Å². The molecule has 1 saturated heterocycles. The van der Waals surface area contributed by atoms with Crippen LogP contribution >= 0.6 is 11.6 Å². The Bertz CT molecular complexity index is 1060. The Hall–Kier alpha value is -3.19. The van der Waals surface area contributed by atoms with E-state index in [4.69, 9.17) is 11.6 Å². The Balaban J connectivity index is 1.51. The zero-order valence-corrected chi connectivity index (χ0v) is 18.3. The van der Waals surface area contributed by atoms with Crippen molar-refractivity contribution in [2.75, 3.05) is 11.9 Å². The molecule has 32 heavy (non-hydrogen) atoms. The smallest absolute Gasteiger partial charge is 0.324 e. The molecule has 2 N–H and O–H groups in total. The molecule has 1 heterocycles. The summed E-state index contributed by atoms with van der Waals surface area (Å²) in [6.45, 7) is -0.423. The van der Waals surface area contributed by atoms with Crippen LogP contribution in [0.5, 0.6) is 0 Å². The first-order valence-electron chi connectivity index (χ1n) is 10.7. The summed E-state index contributed by atoms with van der Waals surface area (Å²) in [4.78, 5) is 52.2. The fraction of sp³-hybridized carbons (Fsp3) is 0.333. The van der Waals surface area contributed by atoms with E-state index in [1.807, 2.05) is 0 Å². The van der Waals surface area contributed by atoms with E-state index in [1.54, 1.807) is 36.4 Å². The first-order chi connectivity index (χ1) is 15.4. The lowest BCUT2D eigenvalue weighted by Crippen LogP contribution is -2.47. The average Bonchev–Trinajstić information content (AvgIpc) is 2.94. The highest BCUT2D eigenvalue weighted by molar-refractivity contribution is 6.31. The summed E-state index contributed by atoms with van der Waals surface area (Å²) in [7, 11) is 0. The fourth-order valence-corrected chi connectivity index (χ4v) is 4.55. The van der Waals surface area contributed by atoms with E-state index in [1.165, 1.54) is 12.1 Å². The Morgan fingerprint density at radius 2 is 1.69 bits per heavy atom. The molecule has 1 aliphatic heterocycles. The number of anilines is 1. The number of urea groups is 1. The molecular weight excluding hydrogens is 430 g/mol. The first kappa shape index (κ1) is 22.0. The molecule has 0 radical (unpaired) electrons. The quantitative estimate of drug-likeness (QED) is 0.525. The van der Waals surface area contributed by atoms with Gasteiger partial charge in [0.2, 0.25) is 5.91 Å². The number of amides is 4. The largest absolute Gasteiger partial charge is 0.325 e. The van der Waals surface area contributed by atoms with Crippen LogP contribution in [0.2, 0.25) is 5.02 Å². The van der Waals surface area contributed by atoms with E-state index >= 15 is 0 Å². The second kappa shape index (κ2) is 9.12. The minimum atomic E-state index is -0.900. The van der Waals surface area contributed by atoms with Crippen molar-refractivity contribution >= 4 is 40.9 Å². The third-order valence-corrected chi connectivity index (χ3v) is 6.28. The van der Waals surface area contributed by atoms with Gasteiger partial charge in [-0.25, -0.2) is 4.79 Å². The van der Waals surface area contributed by atoms with Crippen LogP contribution < -0.4 is 10.6 Å². The number of carbonyl (C=O) groups excluding carboxylic acids is 4. The maximum Gasteiger partial charge on any atom is 0.325 e. The number of carbonyl (C=O) groups is 4. The molecule has 0 atom stereocenters. The van der Waals surface area contributed by atoms with Gasteiger partial charge in [0, 0.05) is 16.1 Å². The summed E-state index contributed by atoms with van der Waals surface area (Å²) in [5.74, 6) is -1.21. The van der Waals surface area contributed by atoms with Crippen LogP contribution in [0.15, 0.2) is 48.5 Å². The molecule has 1 spiro atoms. The molecule has 2 fully saturated rings. The summed E-state index contributed by atoms with van der Waals surface area (Å²) in [5.41, 5.74) is 0.0522. The number of halogens is 1. The zero-order chi connectivity index (χ0) is 22.7. The van der Waals surface area contributed by atoms with E-state index in [2.05, 4.69) is 10.6 Å². The van der Waals surface area contributed by atoms with Crippen molar-refractivity contribution < 1.29 is 19.2 Å². The van der Waals surface area contributed by atoms with Gasteiger partial charge in [-0.15, -0.1) is 0 Å². The average molecular weight is 454 g/mol. The molecule has 2 aromatic rings. The molecule has 1 saturated carbocycles. The minimum Gasteiger partial charge on any atom is -0.324 e. The monoisotopic (exact) mass is 453 g/mol. The van der Waals surface area contributed by atoms with E-state index in [0.717, 1.165) is 30.6 Å². The fourth-order valence-electron chi connectivity index (χ4n) is 4.38. The van der Waals surface area contributed by atoms with E-state index in [-0.39, 0.29) is 22.9 Å². The third kappa shape index (κ3) is 4.39. The SMILES string of the molecule is O=C(CN1C(=O)NC2(CCCCCC2)C1=O)Nc1ccc(Cl)cc1C(=O)c1ccccc1. The van der Waals surface area contributed by atoms with Gasteiger partial charge in [0.05, 0.1) is 5.69 Å². The Morgan fingerprint density at radius 1 is 1.00 bits per heavy atom.